The van der Waals surface area contributed by atoms with Crippen LogP contribution in [0.3, 0.4) is 0 Å². The first-order valence-corrected chi connectivity index (χ1v) is 4.02. The molecule has 1 aromatic heterocycles. The molecule has 7 nitrogen and oxygen atoms in total. The fourth-order valence-electron chi connectivity index (χ4n) is 1.57. The summed E-state index contributed by atoms with van der Waals surface area (Å²) in [6.07, 6.45) is 0.699. The van der Waals surface area contributed by atoms with E-state index in [1.807, 2.05) is 0 Å². The van der Waals surface area contributed by atoms with Gasteiger partial charge in [0.05, 0.1) is 6.04 Å². The zero-order valence-electron chi connectivity index (χ0n) is 6.84. The molecular formula is C6H9N5O2. The second-order valence-corrected chi connectivity index (χ2v) is 2.90. The molecule has 2 N–H and O–H groups in total. The molecule has 1 saturated heterocycles. The summed E-state index contributed by atoms with van der Waals surface area (Å²) in [6.45, 7) is 0.550. The monoisotopic (exact) mass is 183 g/mol. The van der Waals surface area contributed by atoms with Crippen LogP contribution in [0.25, 0.3) is 0 Å². The number of nitrogens with one attached hydrogen (secondary N) is 1. The third-order valence-electron chi connectivity index (χ3n) is 2.16. The van der Waals surface area contributed by atoms with Gasteiger partial charge in [-0.1, -0.05) is 5.21 Å². The Morgan fingerprint density at radius 3 is 3.15 bits per heavy atom. The molecule has 0 aliphatic carbocycles. The molecule has 1 aliphatic rings. The smallest absolute Gasteiger partial charge is 0.407 e. The first-order valence-electron chi connectivity index (χ1n) is 4.02. The van der Waals surface area contributed by atoms with Gasteiger partial charge in [0.15, 0.2) is 5.82 Å². The molecule has 1 fully saturated rings. The molecule has 70 valence electrons. The Balaban J connectivity index is 2.19. The van der Waals surface area contributed by atoms with E-state index in [1.165, 1.54) is 4.90 Å². The fourth-order valence-corrected chi connectivity index (χ4v) is 1.57. The van der Waals surface area contributed by atoms with Gasteiger partial charge in [0, 0.05) is 6.54 Å². The first-order chi connectivity index (χ1) is 6.29. The highest BCUT2D eigenvalue weighted by Gasteiger charge is 2.32. The Kier molecular flexibility index (Phi) is 1.84. The summed E-state index contributed by atoms with van der Waals surface area (Å²) in [7, 11) is 0. The molecule has 0 saturated carbocycles. The van der Waals surface area contributed by atoms with Gasteiger partial charge < -0.3 is 5.11 Å². The molecule has 7 heteroatoms. The summed E-state index contributed by atoms with van der Waals surface area (Å²) >= 11 is 0. The van der Waals surface area contributed by atoms with Crippen LogP contribution in [-0.2, 0) is 0 Å². The van der Waals surface area contributed by atoms with Crippen molar-refractivity contribution in [3.05, 3.63) is 5.82 Å². The van der Waals surface area contributed by atoms with Gasteiger partial charge in [0.25, 0.3) is 0 Å². The minimum Gasteiger partial charge on any atom is -0.465 e. The average Bonchev–Trinajstić information content (AvgIpc) is 2.74. The number of H-pyrrole nitrogens is 1. The Hall–Kier alpha value is -1.66. The highest BCUT2D eigenvalue weighted by Crippen LogP contribution is 2.28. The molecule has 0 spiro atoms. The number of rotatable bonds is 1. The van der Waals surface area contributed by atoms with Crippen molar-refractivity contribution < 1.29 is 9.90 Å². The van der Waals surface area contributed by atoms with Crippen molar-refractivity contribution >= 4 is 6.09 Å². The van der Waals surface area contributed by atoms with E-state index in [4.69, 9.17) is 5.11 Å². The highest BCUT2D eigenvalue weighted by molar-refractivity contribution is 5.65. The van der Waals surface area contributed by atoms with Gasteiger partial charge in [-0.3, -0.25) is 4.90 Å². The minimum atomic E-state index is -0.924. The number of nitrogens with zero attached hydrogens (tertiary/aromatic N) is 4. The first kappa shape index (κ1) is 7.96. The maximum Gasteiger partial charge on any atom is 0.407 e. The number of hydrogen-bond donors (Lipinski definition) is 2. The predicted molar refractivity (Wildman–Crippen MR) is 40.9 cm³/mol. The molecule has 2 rings (SSSR count). The zero-order valence-corrected chi connectivity index (χ0v) is 6.84. The van der Waals surface area contributed by atoms with Crippen LogP contribution >= 0.6 is 0 Å². The zero-order chi connectivity index (χ0) is 9.26. The summed E-state index contributed by atoms with van der Waals surface area (Å²) in [5, 5.41) is 22.1. The van der Waals surface area contributed by atoms with Crippen LogP contribution < -0.4 is 0 Å². The van der Waals surface area contributed by atoms with E-state index in [2.05, 4.69) is 20.6 Å². The van der Waals surface area contributed by atoms with Gasteiger partial charge >= 0.3 is 6.09 Å². The van der Waals surface area contributed by atoms with Crippen molar-refractivity contribution in [2.45, 2.75) is 18.9 Å². The molecule has 0 bridgehead atoms. The quantitative estimate of drug-likeness (QED) is 0.639. The SMILES string of the molecule is O=C(O)N1CCC[C@H]1c1nn[nH]n1. The third-order valence-corrected chi connectivity index (χ3v) is 2.16. The molecule has 0 radical (unpaired) electrons. The van der Waals surface area contributed by atoms with E-state index in [0.29, 0.717) is 12.4 Å². The number of likely N-dealkylation sites (tertiary alicyclic amines) is 1. The number of tetrazole rings is 1. The summed E-state index contributed by atoms with van der Waals surface area (Å²) in [5.74, 6) is 0.458. The van der Waals surface area contributed by atoms with E-state index in [1.54, 1.807) is 0 Å². The van der Waals surface area contributed by atoms with E-state index < -0.39 is 6.09 Å². The van der Waals surface area contributed by atoms with Crippen molar-refractivity contribution in [1.82, 2.24) is 25.5 Å². The molecule has 1 atom stereocenters. The average molecular weight is 183 g/mol. The van der Waals surface area contributed by atoms with Crippen LogP contribution in [0.1, 0.15) is 24.7 Å². The predicted octanol–water partition coefficient (Wildman–Crippen LogP) is 0.0146. The molecule has 2 heterocycles. The van der Waals surface area contributed by atoms with Crippen LogP contribution in [0, 0.1) is 0 Å². The standard InChI is InChI=1S/C6H9N5O2/c12-6(13)11-3-1-2-4(11)5-7-9-10-8-5/h4H,1-3H2,(H,12,13)(H,7,8,9,10)/t4-/m0/s1. The highest BCUT2D eigenvalue weighted by atomic mass is 16.4. The van der Waals surface area contributed by atoms with Gasteiger partial charge in [-0.05, 0) is 12.8 Å². The van der Waals surface area contributed by atoms with Gasteiger partial charge in [0.1, 0.15) is 0 Å². The second kappa shape index (κ2) is 3.00. The molecule has 1 aromatic rings. The number of carbonyl (C=O) groups is 1. The van der Waals surface area contributed by atoms with Gasteiger partial charge in [-0.15, -0.1) is 10.2 Å². The normalized spacial score (nSPS) is 22.2. The number of aromatic nitrogens is 4. The summed E-state index contributed by atoms with van der Waals surface area (Å²) in [5.41, 5.74) is 0. The molecule has 1 amide bonds. The van der Waals surface area contributed by atoms with E-state index in [-0.39, 0.29) is 6.04 Å². The van der Waals surface area contributed by atoms with Crippen molar-refractivity contribution in [2.75, 3.05) is 6.54 Å². The number of hydrogen-bond acceptors (Lipinski definition) is 4. The summed E-state index contributed by atoms with van der Waals surface area (Å²) < 4.78 is 0. The molecule has 0 unspecified atom stereocenters. The Morgan fingerprint density at radius 1 is 1.69 bits per heavy atom. The van der Waals surface area contributed by atoms with E-state index in [9.17, 15) is 4.79 Å². The Morgan fingerprint density at radius 2 is 2.54 bits per heavy atom. The Bertz CT molecular complexity index is 298. The van der Waals surface area contributed by atoms with Crippen LogP contribution in [0.2, 0.25) is 0 Å². The maximum atomic E-state index is 10.7. The number of carboxylic acid groups (broad SMARTS) is 1. The Labute approximate surface area is 73.7 Å². The van der Waals surface area contributed by atoms with Crippen molar-refractivity contribution in [2.24, 2.45) is 0 Å². The van der Waals surface area contributed by atoms with Gasteiger partial charge in [-0.25, -0.2) is 4.79 Å². The summed E-state index contributed by atoms with van der Waals surface area (Å²) in [4.78, 5) is 12.1. The lowest BCUT2D eigenvalue weighted by Crippen LogP contribution is -2.29. The van der Waals surface area contributed by atoms with Crippen molar-refractivity contribution in [1.29, 1.82) is 0 Å². The number of aromatic amines is 1. The second-order valence-electron chi connectivity index (χ2n) is 2.90. The molecule has 1 aliphatic heterocycles. The lowest BCUT2D eigenvalue weighted by molar-refractivity contribution is 0.138. The van der Waals surface area contributed by atoms with Crippen LogP contribution in [-0.4, -0.2) is 43.3 Å². The maximum absolute atomic E-state index is 10.7. The summed E-state index contributed by atoms with van der Waals surface area (Å²) in [6, 6.07) is -0.226. The van der Waals surface area contributed by atoms with Crippen molar-refractivity contribution in [3.8, 4) is 0 Å². The number of amides is 1. The van der Waals surface area contributed by atoms with Crippen molar-refractivity contribution in [3.63, 3.8) is 0 Å². The van der Waals surface area contributed by atoms with Crippen LogP contribution in [0.15, 0.2) is 0 Å². The van der Waals surface area contributed by atoms with E-state index in [0.717, 1.165) is 12.8 Å². The van der Waals surface area contributed by atoms with E-state index >= 15 is 0 Å². The lowest BCUT2D eigenvalue weighted by Gasteiger charge is -2.17. The van der Waals surface area contributed by atoms with Crippen LogP contribution in [0.4, 0.5) is 4.79 Å². The third kappa shape index (κ3) is 1.32. The van der Waals surface area contributed by atoms with Gasteiger partial charge in [0.2, 0.25) is 0 Å². The largest absolute Gasteiger partial charge is 0.465 e. The fraction of sp³-hybridized carbons (Fsp3) is 0.667. The lowest BCUT2D eigenvalue weighted by atomic mass is 10.2. The van der Waals surface area contributed by atoms with Gasteiger partial charge in [-0.2, -0.15) is 5.21 Å². The molecule has 13 heavy (non-hydrogen) atoms. The van der Waals surface area contributed by atoms with Crippen LogP contribution in [0.5, 0.6) is 0 Å². The molecular weight excluding hydrogens is 174 g/mol. The topological polar surface area (TPSA) is 95.0 Å². The minimum absolute atomic E-state index is 0.226. The molecule has 0 aromatic carbocycles.